The monoisotopic (exact) mass is 564 g/mol. The zero-order chi connectivity index (χ0) is 24.1. The highest BCUT2D eigenvalue weighted by Crippen LogP contribution is 2.35. The number of carbonyl (C=O) groups is 1. The number of anilines is 1. The number of rotatable bonds is 7. The summed E-state index contributed by atoms with van der Waals surface area (Å²) in [5, 5.41) is 12.5. The van der Waals surface area contributed by atoms with Gasteiger partial charge in [-0.15, -0.1) is 0 Å². The van der Waals surface area contributed by atoms with E-state index in [4.69, 9.17) is 9.47 Å². The molecule has 0 saturated carbocycles. The van der Waals surface area contributed by atoms with Crippen LogP contribution in [0.3, 0.4) is 0 Å². The van der Waals surface area contributed by atoms with Gasteiger partial charge in [-0.05, 0) is 83.1 Å². The summed E-state index contributed by atoms with van der Waals surface area (Å²) in [5.41, 5.74) is 4.62. The molecule has 0 saturated heterocycles. The van der Waals surface area contributed by atoms with Crippen LogP contribution in [0.15, 0.2) is 60.7 Å². The van der Waals surface area contributed by atoms with Crippen LogP contribution in [0.2, 0.25) is 0 Å². The molecular formula is C26H21IN4O3. The molecule has 0 radical (unpaired) electrons. The van der Waals surface area contributed by atoms with Gasteiger partial charge in [-0.25, -0.2) is 4.98 Å². The fourth-order valence-corrected chi connectivity index (χ4v) is 4.17. The predicted molar refractivity (Wildman–Crippen MR) is 141 cm³/mol. The third-order valence-electron chi connectivity index (χ3n) is 4.98. The molecule has 4 rings (SSSR count). The van der Waals surface area contributed by atoms with Crippen LogP contribution in [0.1, 0.15) is 17.0 Å². The first kappa shape index (κ1) is 23.3. The summed E-state index contributed by atoms with van der Waals surface area (Å²) < 4.78 is 12.0. The lowest BCUT2D eigenvalue weighted by Gasteiger charge is -2.14. The average molecular weight is 564 g/mol. The van der Waals surface area contributed by atoms with Crippen molar-refractivity contribution in [3.63, 3.8) is 0 Å². The highest BCUT2D eigenvalue weighted by atomic mass is 127. The molecule has 1 aromatic heterocycles. The largest absolute Gasteiger partial charge is 0.493 e. The number of ether oxygens (including phenoxy) is 2. The van der Waals surface area contributed by atoms with E-state index >= 15 is 0 Å². The third-order valence-corrected chi connectivity index (χ3v) is 5.78. The SMILES string of the molecule is COc1cc(/C=C(/C#N)c2nc3ccc(C)cc3[nH]2)cc(I)c1OCC(=O)Nc1ccccc1. The second kappa shape index (κ2) is 10.4. The van der Waals surface area contributed by atoms with Crippen LogP contribution in [-0.4, -0.2) is 29.6 Å². The van der Waals surface area contributed by atoms with E-state index in [0.717, 1.165) is 25.7 Å². The summed E-state index contributed by atoms with van der Waals surface area (Å²) in [6.07, 6.45) is 1.74. The molecule has 34 heavy (non-hydrogen) atoms. The molecular weight excluding hydrogens is 543 g/mol. The van der Waals surface area contributed by atoms with E-state index in [0.29, 0.717) is 28.6 Å². The van der Waals surface area contributed by atoms with Gasteiger partial charge in [-0.2, -0.15) is 5.26 Å². The fraction of sp³-hybridized carbons (Fsp3) is 0.115. The summed E-state index contributed by atoms with van der Waals surface area (Å²) in [4.78, 5) is 20.0. The smallest absolute Gasteiger partial charge is 0.262 e. The second-order valence-corrected chi connectivity index (χ2v) is 8.68. The Morgan fingerprint density at radius 3 is 2.74 bits per heavy atom. The fourth-order valence-electron chi connectivity index (χ4n) is 3.39. The number of fused-ring (bicyclic) bond motifs is 1. The van der Waals surface area contributed by atoms with Crippen LogP contribution in [0.5, 0.6) is 11.5 Å². The highest BCUT2D eigenvalue weighted by Gasteiger charge is 2.15. The number of hydrogen-bond donors (Lipinski definition) is 2. The lowest BCUT2D eigenvalue weighted by molar-refractivity contribution is -0.118. The highest BCUT2D eigenvalue weighted by molar-refractivity contribution is 14.1. The van der Waals surface area contributed by atoms with Crippen molar-refractivity contribution in [1.29, 1.82) is 5.26 Å². The van der Waals surface area contributed by atoms with Crippen molar-refractivity contribution < 1.29 is 14.3 Å². The van der Waals surface area contributed by atoms with Crippen molar-refractivity contribution in [2.75, 3.05) is 19.0 Å². The summed E-state index contributed by atoms with van der Waals surface area (Å²) in [6.45, 7) is 1.84. The molecule has 2 N–H and O–H groups in total. The number of aryl methyl sites for hydroxylation is 1. The number of carbonyl (C=O) groups excluding carboxylic acids is 1. The minimum atomic E-state index is -0.278. The Balaban J connectivity index is 1.55. The van der Waals surface area contributed by atoms with E-state index in [1.165, 1.54) is 7.11 Å². The molecule has 0 aliphatic rings. The van der Waals surface area contributed by atoms with Crippen molar-refractivity contribution in [2.24, 2.45) is 0 Å². The van der Waals surface area contributed by atoms with Crippen molar-refractivity contribution in [1.82, 2.24) is 9.97 Å². The van der Waals surface area contributed by atoms with E-state index in [-0.39, 0.29) is 12.5 Å². The molecule has 0 fully saturated rings. The number of para-hydroxylation sites is 1. The quantitative estimate of drug-likeness (QED) is 0.226. The minimum Gasteiger partial charge on any atom is -0.493 e. The number of methoxy groups -OCH3 is 1. The minimum absolute atomic E-state index is 0.168. The molecule has 0 unspecified atom stereocenters. The Labute approximate surface area is 210 Å². The zero-order valence-corrected chi connectivity index (χ0v) is 20.7. The van der Waals surface area contributed by atoms with E-state index in [9.17, 15) is 10.1 Å². The van der Waals surface area contributed by atoms with Gasteiger partial charge in [0.25, 0.3) is 5.91 Å². The topological polar surface area (TPSA) is 100 Å². The van der Waals surface area contributed by atoms with Gasteiger partial charge < -0.3 is 19.8 Å². The van der Waals surface area contributed by atoms with Gasteiger partial charge in [0.1, 0.15) is 11.9 Å². The lowest BCUT2D eigenvalue weighted by atomic mass is 10.1. The molecule has 0 atom stereocenters. The number of imidazole rings is 1. The van der Waals surface area contributed by atoms with Crippen LogP contribution in [-0.2, 0) is 4.79 Å². The Morgan fingerprint density at radius 2 is 2.00 bits per heavy atom. The van der Waals surface area contributed by atoms with Gasteiger partial charge in [-0.1, -0.05) is 24.3 Å². The van der Waals surface area contributed by atoms with Crippen LogP contribution in [0, 0.1) is 21.8 Å². The van der Waals surface area contributed by atoms with Crippen LogP contribution in [0.4, 0.5) is 5.69 Å². The van der Waals surface area contributed by atoms with E-state index in [1.54, 1.807) is 24.3 Å². The Kier molecular flexibility index (Phi) is 7.13. The number of halogens is 1. The number of benzene rings is 3. The molecule has 0 bridgehead atoms. The summed E-state index contributed by atoms with van der Waals surface area (Å²) in [5.74, 6) is 1.14. The van der Waals surface area contributed by atoms with E-state index < -0.39 is 0 Å². The number of nitrogens with one attached hydrogen (secondary N) is 2. The molecule has 1 heterocycles. The van der Waals surface area contributed by atoms with E-state index in [1.807, 2.05) is 49.4 Å². The first-order valence-corrected chi connectivity index (χ1v) is 11.5. The van der Waals surface area contributed by atoms with Gasteiger partial charge in [0.2, 0.25) is 0 Å². The van der Waals surface area contributed by atoms with Crippen molar-refractivity contribution in [3.05, 3.63) is 81.2 Å². The number of nitrogens with zero attached hydrogens (tertiary/aromatic N) is 2. The van der Waals surface area contributed by atoms with Crippen LogP contribution >= 0.6 is 22.6 Å². The maximum atomic E-state index is 12.3. The number of H-pyrrole nitrogens is 1. The first-order valence-electron chi connectivity index (χ1n) is 10.4. The molecule has 3 aromatic carbocycles. The number of aromatic nitrogens is 2. The van der Waals surface area contributed by atoms with Crippen molar-refractivity contribution >= 4 is 56.9 Å². The third kappa shape index (κ3) is 5.38. The van der Waals surface area contributed by atoms with Gasteiger partial charge in [0.05, 0.1) is 27.3 Å². The molecule has 7 nitrogen and oxygen atoms in total. The van der Waals surface area contributed by atoms with E-state index in [2.05, 4.69) is 43.9 Å². The zero-order valence-electron chi connectivity index (χ0n) is 18.6. The van der Waals surface area contributed by atoms with Crippen LogP contribution in [0.25, 0.3) is 22.7 Å². The Hall–Kier alpha value is -3.84. The van der Waals surface area contributed by atoms with Gasteiger partial charge >= 0.3 is 0 Å². The standard InChI is InChI=1S/C26H21IN4O3/c1-16-8-9-21-22(10-16)31-26(30-21)18(14-28)11-17-12-20(27)25(23(13-17)33-2)34-15-24(32)29-19-6-4-3-5-7-19/h3-13H,15H2,1-2H3,(H,29,32)(H,30,31)/b18-11-. The lowest BCUT2D eigenvalue weighted by Crippen LogP contribution is -2.20. The summed E-state index contributed by atoms with van der Waals surface area (Å²) in [6, 6.07) is 20.9. The van der Waals surface area contributed by atoms with Gasteiger partial charge in [-0.3, -0.25) is 4.79 Å². The Bertz CT molecular complexity index is 1420. The number of allylic oxidation sites excluding steroid dienone is 1. The normalized spacial score (nSPS) is 11.2. The molecule has 0 spiro atoms. The molecule has 0 aliphatic carbocycles. The number of aromatic amines is 1. The molecule has 170 valence electrons. The van der Waals surface area contributed by atoms with Crippen molar-refractivity contribution in [3.8, 4) is 17.6 Å². The summed E-state index contributed by atoms with van der Waals surface area (Å²) in [7, 11) is 1.53. The molecule has 1 amide bonds. The Morgan fingerprint density at radius 1 is 1.21 bits per heavy atom. The average Bonchev–Trinajstić information content (AvgIpc) is 3.25. The second-order valence-electron chi connectivity index (χ2n) is 7.51. The van der Waals surface area contributed by atoms with Gasteiger partial charge in [0.15, 0.2) is 18.1 Å². The number of nitriles is 1. The molecule has 4 aromatic rings. The maximum Gasteiger partial charge on any atom is 0.262 e. The molecule has 0 aliphatic heterocycles. The van der Waals surface area contributed by atoms with Gasteiger partial charge in [0, 0.05) is 5.69 Å². The maximum absolute atomic E-state index is 12.3. The predicted octanol–water partition coefficient (Wildman–Crippen LogP) is 5.57. The number of amides is 1. The van der Waals surface area contributed by atoms with Crippen molar-refractivity contribution in [2.45, 2.75) is 6.92 Å². The number of hydrogen-bond acceptors (Lipinski definition) is 5. The first-order chi connectivity index (χ1) is 16.5. The summed E-state index contributed by atoms with van der Waals surface area (Å²) >= 11 is 2.12. The molecule has 8 heteroatoms. The van der Waals surface area contributed by atoms with Crippen LogP contribution < -0.4 is 14.8 Å².